The molecule has 0 spiro atoms. The van der Waals surface area contributed by atoms with Gasteiger partial charge in [-0.1, -0.05) is 24.1 Å². The number of benzene rings is 1. The van der Waals surface area contributed by atoms with Crippen LogP contribution >= 0.6 is 11.6 Å². The Morgan fingerprint density at radius 1 is 1.40 bits per heavy atom. The lowest BCUT2D eigenvalue weighted by molar-refractivity contribution is 0.474. The molecule has 82 valence electrons. The highest BCUT2D eigenvalue weighted by Gasteiger charge is 2.29. The molecular formula is C12H15ClFN. The molecule has 1 saturated carbocycles. The molecule has 0 radical (unpaired) electrons. The van der Waals surface area contributed by atoms with E-state index in [0.29, 0.717) is 17.5 Å². The number of hydrogen-bond donors (Lipinski definition) is 1. The van der Waals surface area contributed by atoms with Crippen molar-refractivity contribution in [3.8, 4) is 0 Å². The predicted molar refractivity (Wildman–Crippen MR) is 60.5 cm³/mol. The fourth-order valence-electron chi connectivity index (χ4n) is 2.53. The van der Waals surface area contributed by atoms with Gasteiger partial charge in [-0.3, -0.25) is 0 Å². The first-order valence-corrected chi connectivity index (χ1v) is 5.75. The van der Waals surface area contributed by atoms with Crippen LogP contribution in [0, 0.1) is 11.7 Å². The topological polar surface area (TPSA) is 26.0 Å². The van der Waals surface area contributed by atoms with Gasteiger partial charge in [0.15, 0.2) is 0 Å². The summed E-state index contributed by atoms with van der Waals surface area (Å²) in [6.07, 6.45) is 3.30. The summed E-state index contributed by atoms with van der Waals surface area (Å²) in [7, 11) is 0. The van der Waals surface area contributed by atoms with Gasteiger partial charge < -0.3 is 5.73 Å². The molecule has 0 bridgehead atoms. The van der Waals surface area contributed by atoms with Gasteiger partial charge >= 0.3 is 0 Å². The van der Waals surface area contributed by atoms with E-state index in [1.807, 2.05) is 0 Å². The van der Waals surface area contributed by atoms with Crippen molar-refractivity contribution in [1.82, 2.24) is 0 Å². The van der Waals surface area contributed by atoms with Crippen molar-refractivity contribution in [2.45, 2.75) is 25.2 Å². The number of rotatable bonds is 2. The fourth-order valence-corrected chi connectivity index (χ4v) is 2.69. The van der Waals surface area contributed by atoms with Crippen LogP contribution in [0.15, 0.2) is 18.2 Å². The van der Waals surface area contributed by atoms with E-state index < -0.39 is 0 Å². The molecule has 1 fully saturated rings. The molecule has 3 heteroatoms. The second-order valence-electron chi connectivity index (χ2n) is 4.20. The summed E-state index contributed by atoms with van der Waals surface area (Å²) in [4.78, 5) is 0. The van der Waals surface area contributed by atoms with Crippen molar-refractivity contribution in [2.24, 2.45) is 11.7 Å². The predicted octanol–water partition coefficient (Wildman–Crippen LogP) is 3.32. The van der Waals surface area contributed by atoms with E-state index in [2.05, 4.69) is 0 Å². The van der Waals surface area contributed by atoms with Gasteiger partial charge in [0.1, 0.15) is 5.82 Å². The van der Waals surface area contributed by atoms with E-state index in [1.54, 1.807) is 12.1 Å². The highest BCUT2D eigenvalue weighted by Crippen LogP contribution is 2.40. The van der Waals surface area contributed by atoms with Gasteiger partial charge in [0, 0.05) is 5.02 Å². The molecule has 1 aromatic carbocycles. The van der Waals surface area contributed by atoms with Crippen molar-refractivity contribution in [3.63, 3.8) is 0 Å². The van der Waals surface area contributed by atoms with Gasteiger partial charge in [0.2, 0.25) is 0 Å². The number of nitrogens with two attached hydrogens (primary N) is 1. The molecule has 0 aliphatic heterocycles. The molecule has 2 atom stereocenters. The Hall–Kier alpha value is -0.600. The molecule has 1 aliphatic rings. The maximum Gasteiger partial charge on any atom is 0.128 e. The largest absolute Gasteiger partial charge is 0.330 e. The summed E-state index contributed by atoms with van der Waals surface area (Å²) in [6, 6.07) is 4.95. The van der Waals surface area contributed by atoms with E-state index in [9.17, 15) is 4.39 Å². The lowest BCUT2D eigenvalue weighted by Crippen LogP contribution is -2.17. The Labute approximate surface area is 94.4 Å². The van der Waals surface area contributed by atoms with Crippen molar-refractivity contribution in [1.29, 1.82) is 0 Å². The third kappa shape index (κ3) is 2.16. The average molecular weight is 228 g/mol. The fraction of sp³-hybridized carbons (Fsp3) is 0.500. The molecule has 0 heterocycles. The van der Waals surface area contributed by atoms with Gasteiger partial charge in [-0.05, 0) is 48.9 Å². The van der Waals surface area contributed by atoms with Crippen LogP contribution in [-0.2, 0) is 0 Å². The number of hydrogen-bond acceptors (Lipinski definition) is 1. The first-order valence-electron chi connectivity index (χ1n) is 5.37. The van der Waals surface area contributed by atoms with Crippen LogP contribution in [-0.4, -0.2) is 6.54 Å². The Morgan fingerprint density at radius 3 is 2.87 bits per heavy atom. The Morgan fingerprint density at radius 2 is 2.20 bits per heavy atom. The van der Waals surface area contributed by atoms with Gasteiger partial charge in [0.05, 0.1) is 0 Å². The smallest absolute Gasteiger partial charge is 0.128 e. The molecule has 0 aromatic heterocycles. The van der Waals surface area contributed by atoms with Gasteiger partial charge in [0.25, 0.3) is 0 Å². The number of halogens is 2. The van der Waals surface area contributed by atoms with Crippen LogP contribution in [0.1, 0.15) is 30.7 Å². The summed E-state index contributed by atoms with van der Waals surface area (Å²) >= 11 is 5.73. The lowest BCUT2D eigenvalue weighted by atomic mass is 9.89. The summed E-state index contributed by atoms with van der Waals surface area (Å²) in [5.41, 5.74) is 6.48. The Balaban J connectivity index is 2.28. The van der Waals surface area contributed by atoms with Gasteiger partial charge in [-0.25, -0.2) is 4.39 Å². The third-order valence-electron chi connectivity index (χ3n) is 3.32. The van der Waals surface area contributed by atoms with Crippen LogP contribution in [0.2, 0.25) is 5.02 Å². The van der Waals surface area contributed by atoms with Crippen LogP contribution in [0.5, 0.6) is 0 Å². The second kappa shape index (κ2) is 4.50. The van der Waals surface area contributed by atoms with Crippen molar-refractivity contribution in [2.75, 3.05) is 6.54 Å². The Bertz CT molecular complexity index is 353. The van der Waals surface area contributed by atoms with Gasteiger partial charge in [-0.15, -0.1) is 0 Å². The molecule has 1 aliphatic carbocycles. The summed E-state index contributed by atoms with van der Waals surface area (Å²) in [5.74, 6) is 0.529. The molecule has 1 aromatic rings. The van der Waals surface area contributed by atoms with E-state index in [1.165, 1.54) is 6.07 Å². The minimum absolute atomic E-state index is 0.187. The molecule has 2 N–H and O–H groups in total. The first kappa shape index (κ1) is 10.9. The monoisotopic (exact) mass is 227 g/mol. The molecule has 0 saturated heterocycles. The zero-order valence-electron chi connectivity index (χ0n) is 8.55. The zero-order chi connectivity index (χ0) is 10.8. The van der Waals surface area contributed by atoms with E-state index >= 15 is 0 Å². The van der Waals surface area contributed by atoms with Gasteiger partial charge in [-0.2, -0.15) is 0 Å². The average Bonchev–Trinajstić information content (AvgIpc) is 2.65. The summed E-state index contributed by atoms with van der Waals surface area (Å²) in [5, 5.41) is 0.457. The van der Waals surface area contributed by atoms with Crippen LogP contribution < -0.4 is 5.73 Å². The first-order chi connectivity index (χ1) is 7.22. The SMILES string of the molecule is NCC1CCCC1c1ccc(Cl)cc1F. The standard InChI is InChI=1S/C12H15ClFN/c13-9-4-5-11(12(14)6-9)10-3-1-2-8(10)7-15/h4-6,8,10H,1-3,7,15H2. The molecule has 0 amide bonds. The normalized spacial score (nSPS) is 25.8. The van der Waals surface area contributed by atoms with E-state index in [4.69, 9.17) is 17.3 Å². The Kier molecular flexibility index (Phi) is 3.27. The van der Waals surface area contributed by atoms with Crippen molar-refractivity contribution >= 4 is 11.6 Å². The highest BCUT2D eigenvalue weighted by atomic mass is 35.5. The maximum atomic E-state index is 13.7. The quantitative estimate of drug-likeness (QED) is 0.824. The third-order valence-corrected chi connectivity index (χ3v) is 3.56. The lowest BCUT2D eigenvalue weighted by Gasteiger charge is -2.18. The highest BCUT2D eigenvalue weighted by molar-refractivity contribution is 6.30. The molecule has 1 nitrogen and oxygen atoms in total. The maximum absolute atomic E-state index is 13.7. The van der Waals surface area contributed by atoms with Crippen LogP contribution in [0.4, 0.5) is 4.39 Å². The van der Waals surface area contributed by atoms with Crippen LogP contribution in [0.3, 0.4) is 0 Å². The second-order valence-corrected chi connectivity index (χ2v) is 4.64. The molecule has 2 unspecified atom stereocenters. The minimum Gasteiger partial charge on any atom is -0.330 e. The zero-order valence-corrected chi connectivity index (χ0v) is 9.30. The minimum atomic E-state index is -0.187. The van der Waals surface area contributed by atoms with E-state index in [0.717, 1.165) is 24.8 Å². The van der Waals surface area contributed by atoms with E-state index in [-0.39, 0.29) is 11.7 Å². The molecule has 2 rings (SSSR count). The van der Waals surface area contributed by atoms with Crippen molar-refractivity contribution < 1.29 is 4.39 Å². The van der Waals surface area contributed by atoms with Crippen molar-refractivity contribution in [3.05, 3.63) is 34.6 Å². The van der Waals surface area contributed by atoms with Crippen LogP contribution in [0.25, 0.3) is 0 Å². The molecule has 15 heavy (non-hydrogen) atoms. The summed E-state index contributed by atoms with van der Waals surface area (Å²) < 4.78 is 13.7. The molecular weight excluding hydrogens is 213 g/mol. The summed E-state index contributed by atoms with van der Waals surface area (Å²) in [6.45, 7) is 0.646.